The number of aryl methyl sites for hydroxylation is 1. The molecule has 0 unspecified atom stereocenters. The van der Waals surface area contributed by atoms with E-state index in [0.29, 0.717) is 22.7 Å². The van der Waals surface area contributed by atoms with Crippen LogP contribution in [0.15, 0.2) is 72.8 Å². The molecule has 0 aromatic heterocycles. The third kappa shape index (κ3) is 5.46. The second-order valence-corrected chi connectivity index (χ2v) is 13.3. The number of carbonyl (C=O) groups excluding carboxylic acids is 4. The zero-order valence-corrected chi connectivity index (χ0v) is 27.7. The lowest BCUT2D eigenvalue weighted by Gasteiger charge is -2.38. The van der Waals surface area contributed by atoms with Gasteiger partial charge in [0, 0.05) is 20.0 Å². The van der Waals surface area contributed by atoms with Crippen LogP contribution in [-0.4, -0.2) is 88.6 Å². The van der Waals surface area contributed by atoms with E-state index in [-0.39, 0.29) is 18.9 Å². The fraction of sp³-hybridized carbons (Fsp3) is 0.444. The molecule has 3 amide bonds. The number of rotatable bonds is 4. The number of likely N-dealkylation sites (N-methyl/N-ethyl adjacent to an activating group) is 1. The van der Waals surface area contributed by atoms with Crippen LogP contribution in [0.4, 0.5) is 5.69 Å². The number of aliphatic hydroxyl groups is 1. The van der Waals surface area contributed by atoms with Crippen LogP contribution in [0.1, 0.15) is 43.9 Å². The SMILES string of the molecule is Cc1cccc(Cl)c1N1CC=C[C@@]23O[C@H]4/C=C\CCC(=O)N(C)[C@@H](C)[C@H](c5ccccc5)OC(=O)[C@H]4[C@@H]2C(=O)N([C@H](C)CO)[C@H]3C1=O. The van der Waals surface area contributed by atoms with Crippen molar-refractivity contribution in [2.75, 3.05) is 25.1 Å². The molecule has 2 fully saturated rings. The number of hydrogen-bond donors (Lipinski definition) is 1. The molecule has 1 spiro atoms. The highest BCUT2D eigenvalue weighted by molar-refractivity contribution is 6.34. The number of allylic oxidation sites excluding steroid dienone is 1. The van der Waals surface area contributed by atoms with Gasteiger partial charge in [-0.2, -0.15) is 0 Å². The van der Waals surface area contributed by atoms with E-state index >= 15 is 0 Å². The second-order valence-electron chi connectivity index (χ2n) is 12.9. The van der Waals surface area contributed by atoms with Gasteiger partial charge in [0.15, 0.2) is 0 Å². The van der Waals surface area contributed by atoms with E-state index in [1.54, 1.807) is 55.3 Å². The van der Waals surface area contributed by atoms with Gasteiger partial charge in [0.2, 0.25) is 11.8 Å². The molecule has 0 radical (unpaired) electrons. The van der Waals surface area contributed by atoms with Crippen LogP contribution in [0.2, 0.25) is 5.02 Å². The number of likely N-dealkylation sites (tertiary alicyclic amines) is 1. The summed E-state index contributed by atoms with van der Waals surface area (Å²) in [7, 11) is 1.69. The first-order valence-corrected chi connectivity index (χ1v) is 16.4. The monoisotopic (exact) mass is 661 g/mol. The molecule has 8 atom stereocenters. The first-order chi connectivity index (χ1) is 22.5. The number of fused-ring (bicyclic) bond motifs is 2. The minimum absolute atomic E-state index is 0.102. The minimum atomic E-state index is -1.54. The normalized spacial score (nSPS) is 32.5. The third-order valence-corrected chi connectivity index (χ3v) is 10.4. The smallest absolute Gasteiger partial charge is 0.313 e. The fourth-order valence-corrected chi connectivity index (χ4v) is 7.88. The average molecular weight is 662 g/mol. The Balaban J connectivity index is 1.47. The highest BCUT2D eigenvalue weighted by Gasteiger charge is 2.72. The molecule has 11 heteroatoms. The second kappa shape index (κ2) is 12.9. The third-order valence-electron chi connectivity index (χ3n) is 10.1. The Labute approximate surface area is 279 Å². The van der Waals surface area contributed by atoms with E-state index in [2.05, 4.69) is 0 Å². The van der Waals surface area contributed by atoms with E-state index in [9.17, 15) is 24.3 Å². The lowest BCUT2D eigenvalue weighted by molar-refractivity contribution is -0.164. The summed E-state index contributed by atoms with van der Waals surface area (Å²) in [5.74, 6) is -3.91. The van der Waals surface area contributed by atoms with Gasteiger partial charge in [-0.1, -0.05) is 78.4 Å². The van der Waals surface area contributed by atoms with E-state index in [4.69, 9.17) is 21.1 Å². The number of cyclic esters (lactones) is 1. The molecular weight excluding hydrogens is 622 g/mol. The van der Waals surface area contributed by atoms with Gasteiger partial charge >= 0.3 is 5.97 Å². The molecule has 2 saturated heterocycles. The Hall–Kier alpha value is -3.99. The Morgan fingerprint density at radius 2 is 1.79 bits per heavy atom. The zero-order chi connectivity index (χ0) is 33.6. The maximum atomic E-state index is 14.7. The molecule has 47 heavy (non-hydrogen) atoms. The van der Waals surface area contributed by atoms with Gasteiger partial charge in [0.05, 0.1) is 41.4 Å². The number of para-hydroxylation sites is 1. The van der Waals surface area contributed by atoms with Crippen molar-refractivity contribution in [1.82, 2.24) is 9.80 Å². The number of halogens is 1. The first-order valence-electron chi connectivity index (χ1n) is 16.0. The van der Waals surface area contributed by atoms with Gasteiger partial charge in [0.1, 0.15) is 23.7 Å². The molecule has 0 saturated carbocycles. The van der Waals surface area contributed by atoms with Crippen LogP contribution in [0, 0.1) is 18.8 Å². The van der Waals surface area contributed by atoms with Crippen molar-refractivity contribution >= 4 is 41.0 Å². The molecule has 4 aliphatic rings. The number of esters is 1. The van der Waals surface area contributed by atoms with Gasteiger partial charge in [-0.05, 0) is 44.4 Å². The number of ether oxygens (including phenoxy) is 2. The number of anilines is 1. The molecule has 2 aromatic carbocycles. The average Bonchev–Trinajstić information content (AvgIpc) is 3.46. The summed E-state index contributed by atoms with van der Waals surface area (Å²) in [4.78, 5) is 61.4. The van der Waals surface area contributed by atoms with Crippen LogP contribution < -0.4 is 4.90 Å². The molecule has 248 valence electrons. The summed E-state index contributed by atoms with van der Waals surface area (Å²) in [6, 6.07) is 12.1. The molecule has 4 heterocycles. The quantitative estimate of drug-likeness (QED) is 0.389. The van der Waals surface area contributed by atoms with Gasteiger partial charge < -0.3 is 29.3 Å². The van der Waals surface area contributed by atoms with Gasteiger partial charge in [-0.3, -0.25) is 19.2 Å². The standard InChI is InChI=1S/C36H40ClN3O7/c1-21-12-10-15-25(37)30(21)39-19-11-18-36-29(33(43)40(22(2)20-41)32(36)34(39)44)28-26(47-36)16-8-9-17-27(42)38(4)23(3)31(46-35(28)45)24-13-6-5-7-14-24/h5-8,10-16,18,22-23,26,28-29,31-32,41H,9,17,19-20H2,1-4H3/b16-8-/t22-,23+,26+,28-,29-,31-,32+,36-/m1/s1. The van der Waals surface area contributed by atoms with E-state index in [1.807, 2.05) is 50.2 Å². The van der Waals surface area contributed by atoms with Crippen LogP contribution in [-0.2, 0) is 28.7 Å². The zero-order valence-electron chi connectivity index (χ0n) is 26.9. The highest BCUT2D eigenvalue weighted by atomic mass is 35.5. The van der Waals surface area contributed by atoms with E-state index in [0.717, 1.165) is 5.56 Å². The molecule has 6 rings (SSSR count). The number of benzene rings is 2. The van der Waals surface area contributed by atoms with Gasteiger partial charge in [0.25, 0.3) is 5.91 Å². The Morgan fingerprint density at radius 3 is 2.49 bits per heavy atom. The fourth-order valence-electron chi connectivity index (χ4n) is 7.56. The van der Waals surface area contributed by atoms with Crippen LogP contribution in [0.3, 0.4) is 0 Å². The molecule has 10 nitrogen and oxygen atoms in total. The Bertz CT molecular complexity index is 1610. The van der Waals surface area contributed by atoms with Crippen LogP contribution in [0.25, 0.3) is 0 Å². The van der Waals surface area contributed by atoms with Gasteiger partial charge in [-0.25, -0.2) is 0 Å². The maximum Gasteiger partial charge on any atom is 0.313 e. The molecule has 1 N–H and O–H groups in total. The van der Waals surface area contributed by atoms with E-state index < -0.39 is 72.2 Å². The van der Waals surface area contributed by atoms with Crippen molar-refractivity contribution in [2.24, 2.45) is 11.8 Å². The van der Waals surface area contributed by atoms with Crippen molar-refractivity contribution in [3.63, 3.8) is 0 Å². The first kappa shape index (κ1) is 32.9. The van der Waals surface area contributed by atoms with Crippen LogP contribution >= 0.6 is 11.6 Å². The van der Waals surface area contributed by atoms with Gasteiger partial charge in [-0.15, -0.1) is 0 Å². The number of nitrogens with zero attached hydrogens (tertiary/aromatic N) is 3. The predicted octanol–water partition coefficient (Wildman–Crippen LogP) is 3.99. The summed E-state index contributed by atoms with van der Waals surface area (Å²) in [6.07, 6.45) is 5.87. The van der Waals surface area contributed by atoms with Crippen molar-refractivity contribution in [2.45, 2.75) is 69.5 Å². The largest absolute Gasteiger partial charge is 0.455 e. The molecule has 0 aliphatic carbocycles. The molecule has 0 bridgehead atoms. The lowest BCUT2D eigenvalue weighted by Crippen LogP contribution is -2.57. The Kier molecular flexibility index (Phi) is 9.04. The van der Waals surface area contributed by atoms with Crippen LogP contribution in [0.5, 0.6) is 0 Å². The molecule has 2 aromatic rings. The summed E-state index contributed by atoms with van der Waals surface area (Å²) in [5, 5.41) is 10.7. The molecular formula is C36H40ClN3O7. The lowest BCUT2D eigenvalue weighted by atomic mass is 9.77. The highest BCUT2D eigenvalue weighted by Crippen LogP contribution is 2.54. The summed E-state index contributed by atoms with van der Waals surface area (Å²) in [5.41, 5.74) is 0.456. The molecule has 4 aliphatic heterocycles. The summed E-state index contributed by atoms with van der Waals surface area (Å²) >= 11 is 6.63. The van der Waals surface area contributed by atoms with Crippen molar-refractivity contribution in [3.05, 3.63) is 89.0 Å². The van der Waals surface area contributed by atoms with Crippen molar-refractivity contribution in [1.29, 1.82) is 0 Å². The van der Waals surface area contributed by atoms with Crippen molar-refractivity contribution < 1.29 is 33.8 Å². The van der Waals surface area contributed by atoms with E-state index in [1.165, 1.54) is 9.80 Å². The number of hydrogen-bond acceptors (Lipinski definition) is 7. The Morgan fingerprint density at radius 1 is 1.04 bits per heavy atom. The number of carbonyl (C=O) groups is 4. The summed E-state index contributed by atoms with van der Waals surface area (Å²) < 4.78 is 13.1. The number of aliphatic hydroxyl groups excluding tert-OH is 1. The number of amides is 3. The predicted molar refractivity (Wildman–Crippen MR) is 175 cm³/mol. The van der Waals surface area contributed by atoms with Crippen molar-refractivity contribution in [3.8, 4) is 0 Å². The minimum Gasteiger partial charge on any atom is -0.455 e. The topological polar surface area (TPSA) is 117 Å². The maximum absolute atomic E-state index is 14.7. The summed E-state index contributed by atoms with van der Waals surface area (Å²) in [6.45, 7) is 5.10.